The molecule has 2 aliphatic heterocycles. The lowest BCUT2D eigenvalue weighted by molar-refractivity contribution is -0.157. The lowest BCUT2D eigenvalue weighted by Gasteiger charge is -2.53. The van der Waals surface area contributed by atoms with Crippen molar-refractivity contribution in [2.45, 2.75) is 23.1 Å². The number of β-lactam (4-membered cyclic amide) rings is 1. The van der Waals surface area contributed by atoms with Gasteiger partial charge in [0.25, 0.3) is 5.91 Å². The number of hydrogen-bond acceptors (Lipinski definition) is 14. The van der Waals surface area contributed by atoms with Crippen LogP contribution in [0, 0.1) is 5.41 Å². The van der Waals surface area contributed by atoms with E-state index in [0.717, 1.165) is 27.8 Å². The van der Waals surface area contributed by atoms with Crippen LogP contribution >= 0.6 is 34.9 Å². The van der Waals surface area contributed by atoms with E-state index in [4.69, 9.17) is 15.7 Å². The van der Waals surface area contributed by atoms with Crippen LogP contribution in [-0.2, 0) is 30.6 Å². The molecule has 2 fully saturated rings. The number of anilines is 1. The highest BCUT2D eigenvalue weighted by Gasteiger charge is 2.57. The van der Waals surface area contributed by atoms with E-state index >= 15 is 0 Å². The van der Waals surface area contributed by atoms with Crippen LogP contribution < -0.4 is 11.1 Å². The van der Waals surface area contributed by atoms with Gasteiger partial charge in [-0.3, -0.25) is 19.2 Å². The first-order valence-corrected chi connectivity index (χ1v) is 13.7. The zero-order chi connectivity index (χ0) is 27.4. The molecular formula is C19H21N9O7S3. The Bertz CT molecular complexity index is 1300. The van der Waals surface area contributed by atoms with Crippen molar-refractivity contribution in [3.8, 4) is 0 Å². The number of aliphatic carboxylic acids is 2. The van der Waals surface area contributed by atoms with Crippen LogP contribution in [0.15, 0.2) is 28.3 Å². The molecule has 0 radical (unpaired) electrons. The summed E-state index contributed by atoms with van der Waals surface area (Å²) >= 11 is 3.31. The molecule has 2 saturated heterocycles. The molecule has 2 amide bonds. The summed E-state index contributed by atoms with van der Waals surface area (Å²) in [7, 11) is 0. The number of amides is 2. The quantitative estimate of drug-likeness (QED) is 0.0585. The Hall–Kier alpha value is -3.71. The lowest BCUT2D eigenvalue weighted by atomic mass is 9.89. The third-order valence-corrected chi connectivity index (χ3v) is 8.98. The van der Waals surface area contributed by atoms with Crippen molar-refractivity contribution in [2.24, 2.45) is 10.6 Å². The van der Waals surface area contributed by atoms with Gasteiger partial charge < -0.3 is 31.0 Å². The SMILES string of the molecule is C=CCON=C(C(=O)NC1C(=O)N2CC(CSc3nnnn3CC(=O)O)(C(=O)O)CS[C@H]12)c1csc(N)n1. The van der Waals surface area contributed by atoms with E-state index in [0.29, 0.717) is 0 Å². The number of nitrogens with zero attached hydrogens (tertiary/aromatic N) is 7. The molecule has 2 unspecified atom stereocenters. The van der Waals surface area contributed by atoms with Gasteiger partial charge in [0.1, 0.15) is 35.7 Å². The summed E-state index contributed by atoms with van der Waals surface area (Å²) in [5.41, 5.74) is 4.34. The summed E-state index contributed by atoms with van der Waals surface area (Å²) in [4.78, 5) is 59.7. The lowest BCUT2D eigenvalue weighted by Crippen LogP contribution is -2.74. The molecule has 0 aliphatic carbocycles. The van der Waals surface area contributed by atoms with E-state index < -0.39 is 47.1 Å². The predicted molar refractivity (Wildman–Crippen MR) is 135 cm³/mol. The Labute approximate surface area is 226 Å². The number of thiazole rings is 1. The van der Waals surface area contributed by atoms with E-state index in [1.807, 2.05) is 0 Å². The highest BCUT2D eigenvalue weighted by atomic mass is 32.2. The number of carbonyl (C=O) groups is 4. The molecule has 0 bridgehead atoms. The number of thioether (sulfide) groups is 2. The maximum Gasteiger partial charge on any atom is 0.325 e. The fourth-order valence-corrected chi connectivity index (χ4v) is 6.89. The number of oxime groups is 1. The third-order valence-electron chi connectivity index (χ3n) is 5.47. The minimum absolute atomic E-state index is 0.00839. The van der Waals surface area contributed by atoms with Gasteiger partial charge in [-0.25, -0.2) is 9.67 Å². The van der Waals surface area contributed by atoms with Gasteiger partial charge in [-0.05, 0) is 10.4 Å². The van der Waals surface area contributed by atoms with Crippen LogP contribution in [0.1, 0.15) is 5.69 Å². The standard InChI is InChI=1S/C19H21N9O7S3/c1-2-3-35-24-11(9-5-36-17(20)21-9)13(31)22-12-14(32)27-6-19(16(33)34,7-37-15(12)27)8-38-18-23-25-26-28(18)4-10(29)30/h2,5,12,15H,1,3-4,6-8H2,(H2,20,21)(H,22,31)(H,29,30)(H,33,34)/t12?,15-,19?/m1/s1. The van der Waals surface area contributed by atoms with E-state index in [-0.39, 0.29) is 46.4 Å². The number of carboxylic acid groups (broad SMARTS) is 2. The number of nitrogen functional groups attached to an aromatic ring is 1. The number of aromatic nitrogens is 5. The Kier molecular flexibility index (Phi) is 8.17. The zero-order valence-electron chi connectivity index (χ0n) is 19.4. The second-order valence-electron chi connectivity index (χ2n) is 8.10. The second kappa shape index (κ2) is 11.4. The van der Waals surface area contributed by atoms with Gasteiger partial charge in [-0.15, -0.1) is 28.2 Å². The average Bonchev–Trinajstić information content (AvgIpc) is 3.51. The molecule has 2 aromatic heterocycles. The largest absolute Gasteiger partial charge is 0.481 e. The Morgan fingerprint density at radius 1 is 1.42 bits per heavy atom. The fourth-order valence-electron chi connectivity index (χ4n) is 3.60. The van der Waals surface area contributed by atoms with Gasteiger partial charge in [0.05, 0.1) is 0 Å². The first-order valence-electron chi connectivity index (χ1n) is 10.7. The predicted octanol–water partition coefficient (Wildman–Crippen LogP) is -1.03. The molecule has 4 rings (SSSR count). The van der Waals surface area contributed by atoms with Crippen molar-refractivity contribution in [2.75, 3.05) is 30.4 Å². The smallest absolute Gasteiger partial charge is 0.325 e. The third kappa shape index (κ3) is 5.58. The van der Waals surface area contributed by atoms with Crippen LogP contribution in [0.4, 0.5) is 5.13 Å². The van der Waals surface area contributed by atoms with Crippen molar-refractivity contribution in [3.05, 3.63) is 23.7 Å². The zero-order valence-corrected chi connectivity index (χ0v) is 21.9. The molecule has 4 heterocycles. The average molecular weight is 584 g/mol. The van der Waals surface area contributed by atoms with Crippen LogP contribution in [-0.4, -0.2) is 106 Å². The molecule has 2 aliphatic rings. The Morgan fingerprint density at radius 3 is 2.87 bits per heavy atom. The van der Waals surface area contributed by atoms with Crippen LogP contribution in [0.2, 0.25) is 0 Å². The molecule has 5 N–H and O–H groups in total. The van der Waals surface area contributed by atoms with Crippen LogP contribution in [0.25, 0.3) is 0 Å². The van der Waals surface area contributed by atoms with E-state index in [2.05, 4.69) is 37.6 Å². The van der Waals surface area contributed by atoms with Gasteiger partial charge in [-0.1, -0.05) is 29.6 Å². The van der Waals surface area contributed by atoms with Crippen molar-refractivity contribution in [1.29, 1.82) is 0 Å². The van der Waals surface area contributed by atoms with Gasteiger partial charge in [0, 0.05) is 23.4 Å². The molecular weight excluding hydrogens is 562 g/mol. The van der Waals surface area contributed by atoms with Crippen LogP contribution in [0.5, 0.6) is 0 Å². The van der Waals surface area contributed by atoms with E-state index in [1.165, 1.54) is 28.1 Å². The Balaban J connectivity index is 1.42. The maximum atomic E-state index is 13.0. The topological polar surface area (TPSA) is 228 Å². The number of fused-ring (bicyclic) bond motifs is 1. The van der Waals surface area contributed by atoms with E-state index in [9.17, 15) is 24.3 Å². The molecule has 202 valence electrons. The second-order valence-corrected chi connectivity index (χ2v) is 11.0. The summed E-state index contributed by atoms with van der Waals surface area (Å²) in [6.45, 7) is 2.97. The number of nitrogens with two attached hydrogens (primary N) is 1. The fraction of sp³-hybridized carbons (Fsp3) is 0.421. The highest BCUT2D eigenvalue weighted by molar-refractivity contribution is 8.00. The van der Waals surface area contributed by atoms with Gasteiger partial charge >= 0.3 is 11.9 Å². The van der Waals surface area contributed by atoms with Gasteiger partial charge in [-0.2, -0.15) is 0 Å². The number of carboxylic acids is 2. The summed E-state index contributed by atoms with van der Waals surface area (Å²) in [6.07, 6.45) is 1.44. The number of hydrogen-bond donors (Lipinski definition) is 4. The molecule has 0 saturated carbocycles. The van der Waals surface area contributed by atoms with E-state index in [1.54, 1.807) is 0 Å². The van der Waals surface area contributed by atoms with Crippen molar-refractivity contribution in [1.82, 2.24) is 35.4 Å². The normalized spacial score (nSPS) is 22.8. The maximum absolute atomic E-state index is 13.0. The molecule has 3 atom stereocenters. The molecule has 0 spiro atoms. The van der Waals surface area contributed by atoms with Crippen LogP contribution in [0.3, 0.4) is 0 Å². The minimum Gasteiger partial charge on any atom is -0.481 e. The van der Waals surface area contributed by atoms with Crippen molar-refractivity contribution in [3.63, 3.8) is 0 Å². The molecule has 2 aromatic rings. The molecule has 0 aromatic carbocycles. The van der Waals surface area contributed by atoms with Gasteiger partial charge in [0.15, 0.2) is 10.8 Å². The molecule has 16 nitrogen and oxygen atoms in total. The first-order chi connectivity index (χ1) is 18.1. The highest BCUT2D eigenvalue weighted by Crippen LogP contribution is 2.44. The number of rotatable bonds is 12. The number of tetrazole rings is 1. The number of carbonyl (C=O) groups excluding carboxylic acids is 2. The number of nitrogens with one attached hydrogen (secondary N) is 1. The minimum atomic E-state index is -1.35. The molecule has 19 heteroatoms. The van der Waals surface area contributed by atoms with Crippen molar-refractivity contribution >= 4 is 69.5 Å². The first kappa shape index (κ1) is 27.3. The summed E-state index contributed by atoms with van der Waals surface area (Å²) < 4.78 is 1.05. The van der Waals surface area contributed by atoms with Gasteiger partial charge in [0.2, 0.25) is 11.1 Å². The Morgan fingerprint density at radius 2 is 2.21 bits per heavy atom. The summed E-state index contributed by atoms with van der Waals surface area (Å²) in [6, 6.07) is -0.907. The molecule has 38 heavy (non-hydrogen) atoms. The summed E-state index contributed by atoms with van der Waals surface area (Å²) in [5, 5.41) is 37.7. The monoisotopic (exact) mass is 583 g/mol. The summed E-state index contributed by atoms with van der Waals surface area (Å²) in [5.74, 6) is -3.31. The van der Waals surface area contributed by atoms with Crippen molar-refractivity contribution < 1.29 is 34.2 Å².